The number of anilines is 1. The molecule has 1 heterocycles. The number of fused-ring (bicyclic) bond motifs is 1. The van der Waals surface area contributed by atoms with E-state index < -0.39 is 0 Å². The van der Waals surface area contributed by atoms with Crippen molar-refractivity contribution in [2.75, 3.05) is 11.4 Å². The molecule has 3 N–H and O–H groups in total. The van der Waals surface area contributed by atoms with Crippen LogP contribution in [0.2, 0.25) is 0 Å². The average Bonchev–Trinajstić information content (AvgIpc) is 2.76. The molecule has 2 aromatic rings. The van der Waals surface area contributed by atoms with Crippen molar-refractivity contribution in [2.45, 2.75) is 19.5 Å². The predicted octanol–water partition coefficient (Wildman–Crippen LogP) is 2.72. The molecule has 3 rings (SSSR count). The summed E-state index contributed by atoms with van der Waals surface area (Å²) in [7, 11) is 0. The molecule has 1 atom stereocenters. The minimum Gasteiger partial charge on any atom is -0.508 e. The first-order valence-electron chi connectivity index (χ1n) is 6.54. The van der Waals surface area contributed by atoms with Gasteiger partial charge in [0, 0.05) is 24.8 Å². The third kappa shape index (κ3) is 2.06. The zero-order valence-electron chi connectivity index (χ0n) is 11.0. The fraction of sp³-hybridized carbons (Fsp3) is 0.250. The molecule has 0 saturated carbocycles. The van der Waals surface area contributed by atoms with Gasteiger partial charge in [0.25, 0.3) is 0 Å². The van der Waals surface area contributed by atoms with E-state index in [1.807, 2.05) is 12.1 Å². The predicted molar refractivity (Wildman–Crippen MR) is 77.3 cm³/mol. The maximum atomic E-state index is 9.64. The summed E-state index contributed by atoms with van der Waals surface area (Å²) in [5.74, 6) is 0.292. The molecule has 0 aromatic heterocycles. The Labute approximate surface area is 113 Å². The number of nitrogens with zero attached hydrogens (tertiary/aromatic N) is 1. The molecule has 1 aliphatic rings. The summed E-state index contributed by atoms with van der Waals surface area (Å²) < 4.78 is 0. The lowest BCUT2D eigenvalue weighted by atomic mass is 10.0. The topological polar surface area (TPSA) is 49.5 Å². The van der Waals surface area contributed by atoms with Crippen LogP contribution in [0.25, 0.3) is 0 Å². The lowest BCUT2D eigenvalue weighted by Gasteiger charge is -2.26. The van der Waals surface area contributed by atoms with Gasteiger partial charge >= 0.3 is 0 Å². The molecular weight excluding hydrogens is 236 g/mol. The molecule has 19 heavy (non-hydrogen) atoms. The summed E-state index contributed by atoms with van der Waals surface area (Å²) in [5.41, 5.74) is 10.9. The molecule has 0 amide bonds. The molecule has 0 fully saturated rings. The normalized spacial score (nSPS) is 17.6. The van der Waals surface area contributed by atoms with Crippen LogP contribution in [0, 0.1) is 6.92 Å². The zero-order valence-corrected chi connectivity index (χ0v) is 11.0. The second-order valence-corrected chi connectivity index (χ2v) is 5.10. The van der Waals surface area contributed by atoms with Crippen LogP contribution in [0.1, 0.15) is 22.7 Å². The smallest absolute Gasteiger partial charge is 0.117 e. The fourth-order valence-corrected chi connectivity index (χ4v) is 2.83. The Morgan fingerprint density at radius 1 is 1.26 bits per heavy atom. The van der Waals surface area contributed by atoms with Crippen LogP contribution < -0.4 is 10.6 Å². The highest BCUT2D eigenvalue weighted by atomic mass is 16.3. The monoisotopic (exact) mass is 254 g/mol. The Bertz CT molecular complexity index is 609. The number of phenols is 1. The number of phenolic OH excluding ortho intramolecular Hbond substituents is 1. The maximum absolute atomic E-state index is 9.64. The van der Waals surface area contributed by atoms with Gasteiger partial charge in [-0.15, -0.1) is 0 Å². The number of benzene rings is 2. The fourth-order valence-electron chi connectivity index (χ4n) is 2.83. The van der Waals surface area contributed by atoms with E-state index in [9.17, 15) is 5.11 Å². The SMILES string of the molecule is Cc1ccc2c(c1)C(CN)N(c1cccc(O)c1)C2. The standard InChI is InChI=1S/C16H18N2O/c1-11-5-6-12-10-18(16(9-17)15(12)7-11)13-3-2-4-14(19)8-13/h2-8,16,19H,9-10,17H2,1H3. The molecule has 1 aliphatic heterocycles. The van der Waals surface area contributed by atoms with Crippen molar-refractivity contribution in [1.29, 1.82) is 0 Å². The molecular formula is C16H18N2O. The Balaban J connectivity index is 2.02. The lowest BCUT2D eigenvalue weighted by Crippen LogP contribution is -2.27. The van der Waals surface area contributed by atoms with Crippen LogP contribution in [0.4, 0.5) is 5.69 Å². The number of aryl methyl sites for hydroxylation is 1. The molecule has 98 valence electrons. The third-order valence-corrected chi connectivity index (χ3v) is 3.76. The molecule has 0 spiro atoms. The van der Waals surface area contributed by atoms with E-state index >= 15 is 0 Å². The van der Waals surface area contributed by atoms with Gasteiger partial charge in [0.15, 0.2) is 0 Å². The number of hydrogen-bond acceptors (Lipinski definition) is 3. The van der Waals surface area contributed by atoms with Gasteiger partial charge in [-0.3, -0.25) is 0 Å². The number of hydrogen-bond donors (Lipinski definition) is 2. The highest BCUT2D eigenvalue weighted by molar-refractivity contribution is 5.57. The van der Waals surface area contributed by atoms with Crippen LogP contribution in [0.5, 0.6) is 5.75 Å². The van der Waals surface area contributed by atoms with Gasteiger partial charge in [-0.05, 0) is 30.2 Å². The van der Waals surface area contributed by atoms with E-state index in [-0.39, 0.29) is 6.04 Å². The molecule has 2 aromatic carbocycles. The minimum atomic E-state index is 0.191. The first-order valence-corrected chi connectivity index (χ1v) is 6.54. The Kier molecular flexibility index (Phi) is 2.91. The van der Waals surface area contributed by atoms with E-state index in [1.165, 1.54) is 16.7 Å². The zero-order chi connectivity index (χ0) is 13.4. The maximum Gasteiger partial charge on any atom is 0.117 e. The van der Waals surface area contributed by atoms with Gasteiger partial charge < -0.3 is 15.7 Å². The molecule has 0 saturated heterocycles. The lowest BCUT2D eigenvalue weighted by molar-refractivity contribution is 0.475. The minimum absolute atomic E-state index is 0.191. The first kappa shape index (κ1) is 12.1. The number of aromatic hydroxyl groups is 1. The van der Waals surface area contributed by atoms with Gasteiger partial charge in [-0.25, -0.2) is 0 Å². The largest absolute Gasteiger partial charge is 0.508 e. The quantitative estimate of drug-likeness (QED) is 0.866. The van der Waals surface area contributed by atoms with E-state index in [0.717, 1.165) is 12.2 Å². The van der Waals surface area contributed by atoms with Crippen LogP contribution in [0.15, 0.2) is 42.5 Å². The highest BCUT2D eigenvalue weighted by Crippen LogP contribution is 2.38. The van der Waals surface area contributed by atoms with E-state index in [1.54, 1.807) is 12.1 Å². The second kappa shape index (κ2) is 4.59. The van der Waals surface area contributed by atoms with E-state index in [4.69, 9.17) is 5.73 Å². The summed E-state index contributed by atoms with van der Waals surface area (Å²) in [6, 6.07) is 14.1. The second-order valence-electron chi connectivity index (χ2n) is 5.10. The third-order valence-electron chi connectivity index (χ3n) is 3.76. The van der Waals surface area contributed by atoms with Gasteiger partial charge in [0.05, 0.1) is 6.04 Å². The summed E-state index contributed by atoms with van der Waals surface area (Å²) in [4.78, 5) is 2.25. The molecule has 0 aliphatic carbocycles. The van der Waals surface area contributed by atoms with Crippen molar-refractivity contribution >= 4 is 5.69 Å². The first-order chi connectivity index (χ1) is 9.19. The van der Waals surface area contributed by atoms with Gasteiger partial charge in [-0.1, -0.05) is 29.8 Å². The van der Waals surface area contributed by atoms with Gasteiger partial charge in [0.2, 0.25) is 0 Å². The van der Waals surface area contributed by atoms with Crippen molar-refractivity contribution in [3.8, 4) is 5.75 Å². The number of rotatable bonds is 2. The van der Waals surface area contributed by atoms with Crippen LogP contribution >= 0.6 is 0 Å². The Morgan fingerprint density at radius 2 is 2.11 bits per heavy atom. The molecule has 0 radical (unpaired) electrons. The summed E-state index contributed by atoms with van der Waals surface area (Å²) in [5, 5.41) is 9.64. The van der Waals surface area contributed by atoms with Crippen LogP contribution in [0.3, 0.4) is 0 Å². The molecule has 3 heteroatoms. The van der Waals surface area contributed by atoms with Crippen molar-refractivity contribution < 1.29 is 5.11 Å². The summed E-state index contributed by atoms with van der Waals surface area (Å²) in [6.45, 7) is 3.53. The van der Waals surface area contributed by atoms with Crippen molar-refractivity contribution in [3.63, 3.8) is 0 Å². The van der Waals surface area contributed by atoms with Gasteiger partial charge in [0.1, 0.15) is 5.75 Å². The van der Waals surface area contributed by atoms with Crippen LogP contribution in [-0.2, 0) is 6.54 Å². The van der Waals surface area contributed by atoms with Crippen molar-refractivity contribution in [1.82, 2.24) is 0 Å². The van der Waals surface area contributed by atoms with Crippen LogP contribution in [-0.4, -0.2) is 11.7 Å². The Hall–Kier alpha value is -2.00. The van der Waals surface area contributed by atoms with E-state index in [0.29, 0.717) is 12.3 Å². The molecule has 3 nitrogen and oxygen atoms in total. The number of nitrogens with two attached hydrogens (primary N) is 1. The average molecular weight is 254 g/mol. The van der Waals surface area contributed by atoms with Gasteiger partial charge in [-0.2, -0.15) is 0 Å². The molecule has 0 bridgehead atoms. The van der Waals surface area contributed by atoms with Crippen molar-refractivity contribution in [2.24, 2.45) is 5.73 Å². The Morgan fingerprint density at radius 3 is 2.84 bits per heavy atom. The molecule has 1 unspecified atom stereocenters. The van der Waals surface area contributed by atoms with Crippen molar-refractivity contribution in [3.05, 3.63) is 59.2 Å². The summed E-state index contributed by atoms with van der Waals surface area (Å²) in [6.07, 6.45) is 0. The summed E-state index contributed by atoms with van der Waals surface area (Å²) >= 11 is 0. The van der Waals surface area contributed by atoms with E-state index in [2.05, 4.69) is 30.0 Å². The highest BCUT2D eigenvalue weighted by Gasteiger charge is 2.29.